The maximum absolute atomic E-state index is 12.4. The van der Waals surface area contributed by atoms with Gasteiger partial charge in [-0.15, -0.1) is 0 Å². The number of carbonyl (C=O) groups is 1. The average molecular weight is 280 g/mol. The van der Waals surface area contributed by atoms with Crippen molar-refractivity contribution < 1.29 is 4.79 Å². The van der Waals surface area contributed by atoms with E-state index in [-0.39, 0.29) is 12.1 Å². The first kappa shape index (κ1) is 13.3. The van der Waals surface area contributed by atoms with Crippen LogP contribution in [0.4, 0.5) is 10.5 Å². The average Bonchev–Trinajstić information content (AvgIpc) is 2.98. The van der Waals surface area contributed by atoms with Crippen LogP contribution in [0.3, 0.4) is 0 Å². The first-order valence-electron chi connectivity index (χ1n) is 6.92. The number of urea groups is 1. The third kappa shape index (κ3) is 2.48. The van der Waals surface area contributed by atoms with E-state index >= 15 is 0 Å². The lowest BCUT2D eigenvalue weighted by Crippen LogP contribution is -2.42. The summed E-state index contributed by atoms with van der Waals surface area (Å²) in [5, 5.41) is 11.7. The summed E-state index contributed by atoms with van der Waals surface area (Å²) >= 11 is 0. The van der Waals surface area contributed by atoms with Crippen LogP contribution in [0, 0.1) is 11.3 Å². The molecule has 2 heterocycles. The second-order valence-corrected chi connectivity index (χ2v) is 5.12. The number of fused-ring (bicyclic) bond motifs is 1. The second kappa shape index (κ2) is 5.33. The Morgan fingerprint density at radius 2 is 2.05 bits per heavy atom. The number of hydrogen-bond donors (Lipinski definition) is 1. The van der Waals surface area contributed by atoms with Crippen molar-refractivity contribution in [2.75, 3.05) is 11.9 Å². The van der Waals surface area contributed by atoms with E-state index < -0.39 is 0 Å². The third-order valence-electron chi connectivity index (χ3n) is 3.87. The molecule has 5 nitrogen and oxygen atoms in total. The molecule has 0 bridgehead atoms. The molecule has 1 aromatic carbocycles. The molecule has 0 saturated carbocycles. The largest absolute Gasteiger partial charge is 0.348 e. The number of hydrogen-bond acceptors (Lipinski definition) is 2. The summed E-state index contributed by atoms with van der Waals surface area (Å²) in [6.07, 6.45) is 2.04. The molecule has 3 rings (SSSR count). The van der Waals surface area contributed by atoms with Crippen molar-refractivity contribution in [1.82, 2.24) is 9.47 Å². The zero-order valence-electron chi connectivity index (χ0n) is 11.8. The van der Waals surface area contributed by atoms with E-state index in [0.29, 0.717) is 17.8 Å². The van der Waals surface area contributed by atoms with Crippen LogP contribution in [0.15, 0.2) is 42.6 Å². The van der Waals surface area contributed by atoms with Gasteiger partial charge in [0.2, 0.25) is 0 Å². The Morgan fingerprint density at radius 3 is 2.76 bits per heavy atom. The highest BCUT2D eigenvalue weighted by atomic mass is 16.2. The molecule has 1 aliphatic rings. The molecule has 1 N–H and O–H groups in total. The third-order valence-corrected chi connectivity index (χ3v) is 3.87. The minimum absolute atomic E-state index is 0.0483. The molecule has 106 valence electrons. The lowest BCUT2D eigenvalue weighted by molar-refractivity contribution is 0.175. The molecular weight excluding hydrogens is 264 g/mol. The first-order valence-corrected chi connectivity index (χ1v) is 6.92. The van der Waals surface area contributed by atoms with Crippen molar-refractivity contribution in [3.05, 3.63) is 53.9 Å². The van der Waals surface area contributed by atoms with Crippen molar-refractivity contribution >= 4 is 11.7 Å². The molecule has 0 fully saturated rings. The highest BCUT2D eigenvalue weighted by Gasteiger charge is 2.27. The van der Waals surface area contributed by atoms with E-state index in [1.54, 1.807) is 24.3 Å². The fourth-order valence-corrected chi connectivity index (χ4v) is 2.68. The van der Waals surface area contributed by atoms with Gasteiger partial charge < -0.3 is 14.8 Å². The fraction of sp³-hybridized carbons (Fsp3) is 0.250. The molecule has 1 aromatic heterocycles. The SMILES string of the molecule is CC1c2cccn2CCN1C(=O)Nc1ccc(C#N)cc1. The Morgan fingerprint density at radius 1 is 1.29 bits per heavy atom. The first-order chi connectivity index (χ1) is 10.2. The van der Waals surface area contributed by atoms with Gasteiger partial charge in [-0.1, -0.05) is 0 Å². The summed E-state index contributed by atoms with van der Waals surface area (Å²) in [7, 11) is 0. The minimum Gasteiger partial charge on any atom is -0.348 e. The van der Waals surface area contributed by atoms with Gasteiger partial charge in [-0.2, -0.15) is 5.26 Å². The smallest absolute Gasteiger partial charge is 0.322 e. The standard InChI is InChI=1S/C16H16N4O/c1-12-15-3-2-8-19(15)9-10-20(12)16(21)18-14-6-4-13(11-17)5-7-14/h2-8,12H,9-10H2,1H3,(H,18,21). The summed E-state index contributed by atoms with van der Waals surface area (Å²) in [6, 6.07) is 12.9. The summed E-state index contributed by atoms with van der Waals surface area (Å²) in [6.45, 7) is 3.53. The van der Waals surface area contributed by atoms with E-state index in [0.717, 1.165) is 12.2 Å². The highest BCUT2D eigenvalue weighted by molar-refractivity contribution is 5.89. The fourth-order valence-electron chi connectivity index (χ4n) is 2.68. The minimum atomic E-state index is -0.111. The summed E-state index contributed by atoms with van der Waals surface area (Å²) < 4.78 is 2.18. The van der Waals surface area contributed by atoms with Gasteiger partial charge in [-0.05, 0) is 43.3 Å². The van der Waals surface area contributed by atoms with Gasteiger partial charge in [-0.3, -0.25) is 0 Å². The molecule has 0 aliphatic carbocycles. The Kier molecular flexibility index (Phi) is 3.36. The summed E-state index contributed by atoms with van der Waals surface area (Å²) in [5.74, 6) is 0. The lowest BCUT2D eigenvalue weighted by Gasteiger charge is -2.34. The topological polar surface area (TPSA) is 61.1 Å². The lowest BCUT2D eigenvalue weighted by atomic mass is 10.1. The normalized spacial score (nSPS) is 17.0. The highest BCUT2D eigenvalue weighted by Crippen LogP contribution is 2.26. The Labute approximate surface area is 123 Å². The summed E-state index contributed by atoms with van der Waals surface area (Å²) in [5.41, 5.74) is 2.43. The number of nitrogens with zero attached hydrogens (tertiary/aromatic N) is 3. The Balaban J connectivity index is 1.72. The number of nitriles is 1. The number of carbonyl (C=O) groups excluding carboxylic acids is 1. The molecule has 21 heavy (non-hydrogen) atoms. The van der Waals surface area contributed by atoms with Crippen LogP contribution in [-0.2, 0) is 6.54 Å². The van der Waals surface area contributed by atoms with Gasteiger partial charge in [0, 0.05) is 30.7 Å². The maximum atomic E-state index is 12.4. The van der Waals surface area contributed by atoms with E-state index in [2.05, 4.69) is 16.0 Å². The van der Waals surface area contributed by atoms with Gasteiger partial charge in [0.15, 0.2) is 0 Å². The van der Waals surface area contributed by atoms with Gasteiger partial charge >= 0.3 is 6.03 Å². The van der Waals surface area contributed by atoms with E-state index in [9.17, 15) is 4.79 Å². The molecule has 1 atom stereocenters. The molecule has 0 spiro atoms. The van der Waals surface area contributed by atoms with E-state index in [4.69, 9.17) is 5.26 Å². The van der Waals surface area contributed by atoms with Crippen molar-refractivity contribution in [3.8, 4) is 6.07 Å². The number of anilines is 1. The van der Waals surface area contributed by atoms with Crippen LogP contribution in [0.2, 0.25) is 0 Å². The van der Waals surface area contributed by atoms with Gasteiger partial charge in [0.1, 0.15) is 0 Å². The van der Waals surface area contributed by atoms with Crippen molar-refractivity contribution in [3.63, 3.8) is 0 Å². The molecule has 5 heteroatoms. The number of aromatic nitrogens is 1. The number of amides is 2. The zero-order valence-corrected chi connectivity index (χ0v) is 11.8. The number of rotatable bonds is 1. The summed E-state index contributed by atoms with van der Waals surface area (Å²) in [4.78, 5) is 14.2. The number of benzene rings is 1. The Bertz CT molecular complexity index is 696. The Hall–Kier alpha value is -2.74. The zero-order chi connectivity index (χ0) is 14.8. The molecule has 0 radical (unpaired) electrons. The van der Waals surface area contributed by atoms with Crippen LogP contribution >= 0.6 is 0 Å². The van der Waals surface area contributed by atoms with Crippen LogP contribution < -0.4 is 5.32 Å². The van der Waals surface area contributed by atoms with Crippen LogP contribution in [0.1, 0.15) is 24.2 Å². The van der Waals surface area contributed by atoms with Crippen molar-refractivity contribution in [2.45, 2.75) is 19.5 Å². The van der Waals surface area contributed by atoms with E-state index in [1.165, 1.54) is 0 Å². The van der Waals surface area contributed by atoms with Crippen LogP contribution in [-0.4, -0.2) is 22.0 Å². The molecule has 0 saturated heterocycles. The number of nitrogens with one attached hydrogen (secondary N) is 1. The van der Waals surface area contributed by atoms with Crippen LogP contribution in [0.5, 0.6) is 0 Å². The van der Waals surface area contributed by atoms with Gasteiger partial charge in [0.25, 0.3) is 0 Å². The molecule has 1 unspecified atom stereocenters. The molecule has 2 aromatic rings. The van der Waals surface area contributed by atoms with Crippen LogP contribution in [0.25, 0.3) is 0 Å². The monoisotopic (exact) mass is 280 g/mol. The predicted molar refractivity (Wildman–Crippen MR) is 79.7 cm³/mol. The molecule has 2 amide bonds. The molecule has 1 aliphatic heterocycles. The van der Waals surface area contributed by atoms with Gasteiger partial charge in [-0.25, -0.2) is 4.79 Å². The predicted octanol–water partition coefficient (Wildman–Crippen LogP) is 2.97. The quantitative estimate of drug-likeness (QED) is 0.873. The second-order valence-electron chi connectivity index (χ2n) is 5.12. The van der Waals surface area contributed by atoms with E-state index in [1.807, 2.05) is 30.2 Å². The van der Waals surface area contributed by atoms with Crippen molar-refractivity contribution in [2.24, 2.45) is 0 Å². The molecular formula is C16H16N4O. The van der Waals surface area contributed by atoms with Crippen molar-refractivity contribution in [1.29, 1.82) is 5.26 Å². The maximum Gasteiger partial charge on any atom is 0.322 e. The van der Waals surface area contributed by atoms with Gasteiger partial charge in [0.05, 0.1) is 17.7 Å².